The van der Waals surface area contributed by atoms with Gasteiger partial charge in [0, 0.05) is 70.4 Å². The number of rotatable bonds is 6. The molecule has 6 aromatic heterocycles. The van der Waals surface area contributed by atoms with Crippen LogP contribution < -0.4 is 21.0 Å². The highest BCUT2D eigenvalue weighted by atomic mass is 32.1. The summed E-state index contributed by atoms with van der Waals surface area (Å²) < 4.78 is 23.2. The molecule has 304 valence electrons. The first kappa shape index (κ1) is 36.4. The number of benzene rings is 8. The highest BCUT2D eigenvalue weighted by molar-refractivity contribution is 7.26. The molecular weight excluding hydrogens is 833 g/mol. The van der Waals surface area contributed by atoms with Crippen LogP contribution in [0.1, 0.15) is 0 Å². The van der Waals surface area contributed by atoms with E-state index in [0.29, 0.717) is 0 Å². The summed E-state index contributed by atoms with van der Waals surface area (Å²) in [6, 6.07) is 68.6. The number of hydrogen-bond donors (Lipinski definition) is 0. The van der Waals surface area contributed by atoms with Crippen molar-refractivity contribution in [3.63, 3.8) is 0 Å². The fraction of sp³-hybridized carbons (Fsp3) is 0. The summed E-state index contributed by atoms with van der Waals surface area (Å²) in [4.78, 5) is 10.8. The molecule has 0 spiro atoms. The zero-order chi connectivity index (χ0) is 42.6. The number of thiophene rings is 1. The Kier molecular flexibility index (Phi) is 7.81. The van der Waals surface area contributed by atoms with Gasteiger partial charge < -0.3 is 13.3 Å². The molecule has 0 aliphatic carbocycles. The molecule has 0 radical (unpaired) electrons. The van der Waals surface area contributed by atoms with Crippen molar-refractivity contribution >= 4 is 126 Å². The maximum absolute atomic E-state index is 7.08. The summed E-state index contributed by atoms with van der Waals surface area (Å²) >= 11 is 1.85. The van der Waals surface area contributed by atoms with Crippen LogP contribution in [0.15, 0.2) is 220 Å². The summed E-state index contributed by atoms with van der Waals surface area (Å²) in [6.45, 7) is 0. The van der Waals surface area contributed by atoms with Gasteiger partial charge >= 0.3 is 0 Å². The van der Waals surface area contributed by atoms with E-state index in [1.165, 1.54) is 25.7 Å². The lowest BCUT2D eigenvalue weighted by atomic mass is 10.0. The van der Waals surface area contributed by atoms with Crippen LogP contribution in [0.5, 0.6) is 0 Å². The molecule has 0 aliphatic heterocycles. The second kappa shape index (κ2) is 13.9. The molecule has 8 aromatic carbocycles. The Hall–Kier alpha value is -8.10. The van der Waals surface area contributed by atoms with Crippen molar-refractivity contribution in [3.05, 3.63) is 207 Å². The van der Waals surface area contributed by atoms with Gasteiger partial charge in [-0.3, -0.25) is 9.97 Å². The van der Waals surface area contributed by atoms with Gasteiger partial charge in [0.15, 0.2) is 11.2 Å². The third-order valence-corrected chi connectivity index (χ3v) is 19.1. The second-order valence-corrected chi connectivity index (χ2v) is 21.4. The van der Waals surface area contributed by atoms with Crippen molar-refractivity contribution < 1.29 is 13.3 Å². The Morgan fingerprint density at radius 2 is 0.846 bits per heavy atom. The van der Waals surface area contributed by atoms with Crippen LogP contribution >= 0.6 is 11.3 Å². The quantitative estimate of drug-likeness (QED) is 0.156. The molecule has 0 saturated heterocycles. The summed E-state index contributed by atoms with van der Waals surface area (Å²) in [5.41, 5.74) is 9.30. The summed E-state index contributed by atoms with van der Waals surface area (Å²) in [5, 5.41) is 12.8. The zero-order valence-electron chi connectivity index (χ0n) is 34.7. The van der Waals surface area contributed by atoms with Crippen LogP contribution in [-0.2, 0) is 0 Å². The van der Waals surface area contributed by atoms with E-state index in [2.05, 4.69) is 182 Å². The minimum absolute atomic E-state index is 0.745. The van der Waals surface area contributed by atoms with Gasteiger partial charge in [-0.05, 0) is 75.6 Å². The second-order valence-electron chi connectivity index (χ2n) is 16.7. The first-order valence-electron chi connectivity index (χ1n) is 21.8. The average Bonchev–Trinajstić information content (AvgIpc) is 4.15. The van der Waals surface area contributed by atoms with Crippen LogP contribution in [0, 0.1) is 0 Å². The van der Waals surface area contributed by atoms with Gasteiger partial charge in [-0.2, -0.15) is 0 Å². The van der Waals surface area contributed by atoms with Crippen molar-refractivity contribution in [2.75, 3.05) is 0 Å². The number of fused-ring (bicyclic) bond motifs is 12. The maximum atomic E-state index is 7.08. The lowest BCUT2D eigenvalue weighted by Crippen LogP contribution is -2.76. The average molecular weight is 867 g/mol. The lowest BCUT2D eigenvalue weighted by Gasteiger charge is -2.31. The Bertz CT molecular complexity index is 3930. The molecule has 5 nitrogen and oxygen atoms in total. The third-order valence-electron chi connectivity index (χ3n) is 13.3. The number of pyridine rings is 2. The number of nitrogens with zero attached hydrogens (tertiary/aromatic N) is 2. The van der Waals surface area contributed by atoms with E-state index in [-0.39, 0.29) is 0 Å². The predicted molar refractivity (Wildman–Crippen MR) is 271 cm³/mol. The fourth-order valence-corrected chi connectivity index (χ4v) is 16.3. The molecule has 6 heterocycles. The molecule has 0 aliphatic rings. The van der Waals surface area contributed by atoms with Gasteiger partial charge in [0.05, 0.1) is 10.6 Å². The van der Waals surface area contributed by atoms with Crippen molar-refractivity contribution in [2.45, 2.75) is 0 Å². The molecule has 0 N–H and O–H groups in total. The molecule has 14 aromatic rings. The molecule has 0 unspecified atom stereocenters. The predicted octanol–water partition coefficient (Wildman–Crippen LogP) is 13.3. The maximum Gasteiger partial charge on any atom is 0.233 e. The fourth-order valence-electron chi connectivity index (χ4n) is 10.4. The molecule has 0 atom stereocenters. The van der Waals surface area contributed by atoms with Crippen LogP contribution in [0.25, 0.3) is 108 Å². The van der Waals surface area contributed by atoms with Crippen LogP contribution in [0.2, 0.25) is 0 Å². The molecule has 14 rings (SSSR count). The van der Waals surface area contributed by atoms with E-state index in [9.17, 15) is 0 Å². The number of aromatic nitrogens is 2. The van der Waals surface area contributed by atoms with Crippen molar-refractivity contribution in [3.8, 4) is 22.3 Å². The van der Waals surface area contributed by atoms with Crippen molar-refractivity contribution in [1.82, 2.24) is 9.97 Å². The first-order chi connectivity index (χ1) is 32.2. The summed E-state index contributed by atoms with van der Waals surface area (Å²) in [5.74, 6) is 0. The van der Waals surface area contributed by atoms with E-state index < -0.39 is 8.07 Å². The zero-order valence-corrected chi connectivity index (χ0v) is 36.5. The standard InChI is InChI=1S/C58H34N2O3SSi/c1-3-13-37(14-4-1)65(38-15-5-2-6-16-38,57-54-44(29-31-59-57)47-33-35(25-27-50(47)62-54)39-19-11-21-43-41-17-7-9-23-49(41)61-53(39)43)58-55-45(30-32-60-58)48-34-36(26-28-51(48)63-55)40-20-12-22-46-42-18-8-10-24-52(42)64-56(40)46/h1-34H. The number of hydrogen-bond acceptors (Lipinski definition) is 6. The normalized spacial score (nSPS) is 12.3. The smallest absolute Gasteiger partial charge is 0.233 e. The lowest BCUT2D eigenvalue weighted by molar-refractivity contribution is 0.668. The third kappa shape index (κ3) is 5.25. The monoisotopic (exact) mass is 866 g/mol. The van der Waals surface area contributed by atoms with Crippen molar-refractivity contribution in [1.29, 1.82) is 0 Å². The van der Waals surface area contributed by atoms with Crippen LogP contribution in [0.3, 0.4) is 0 Å². The van der Waals surface area contributed by atoms with Crippen LogP contribution in [0.4, 0.5) is 0 Å². The van der Waals surface area contributed by atoms with Gasteiger partial charge in [-0.15, -0.1) is 11.3 Å². The van der Waals surface area contributed by atoms with E-state index in [1.54, 1.807) is 0 Å². The van der Waals surface area contributed by atoms with Crippen LogP contribution in [-0.4, -0.2) is 18.0 Å². The molecule has 0 fully saturated rings. The van der Waals surface area contributed by atoms with Gasteiger partial charge in [0.1, 0.15) is 22.3 Å². The van der Waals surface area contributed by atoms with E-state index >= 15 is 0 Å². The Morgan fingerprint density at radius 3 is 1.51 bits per heavy atom. The molecule has 0 bridgehead atoms. The Balaban J connectivity index is 1.02. The largest absolute Gasteiger partial charge is 0.455 e. The number of para-hydroxylation sites is 2. The van der Waals surface area contributed by atoms with Gasteiger partial charge in [0.25, 0.3) is 0 Å². The van der Waals surface area contributed by atoms with Gasteiger partial charge in [-0.25, -0.2) is 0 Å². The molecular formula is C58H34N2O3SSi. The minimum Gasteiger partial charge on any atom is -0.455 e. The Labute approximate surface area is 376 Å². The SMILES string of the molecule is c1ccc([Si](c2ccccc2)(c2nccc3c2oc2ccc(-c4cccc5c4oc4ccccc45)cc23)c2nccc3c2oc2ccc(-c4cccc5c4sc4ccccc45)cc23)cc1. The molecule has 0 amide bonds. The molecule has 7 heteroatoms. The van der Waals surface area contributed by atoms with Gasteiger partial charge in [0.2, 0.25) is 8.07 Å². The highest BCUT2D eigenvalue weighted by Crippen LogP contribution is 2.42. The van der Waals surface area contributed by atoms with E-state index in [0.717, 1.165) is 104 Å². The van der Waals surface area contributed by atoms with E-state index in [4.69, 9.17) is 23.2 Å². The summed E-state index contributed by atoms with van der Waals surface area (Å²) in [7, 11) is -3.44. The van der Waals surface area contributed by atoms with Gasteiger partial charge in [-0.1, -0.05) is 146 Å². The van der Waals surface area contributed by atoms with E-state index in [1.807, 2.05) is 35.9 Å². The topological polar surface area (TPSA) is 65.2 Å². The Morgan fingerprint density at radius 1 is 0.354 bits per heavy atom. The molecule has 0 saturated carbocycles. The first-order valence-corrected chi connectivity index (χ1v) is 24.6. The molecule has 65 heavy (non-hydrogen) atoms. The highest BCUT2D eigenvalue weighted by Gasteiger charge is 2.49. The van der Waals surface area contributed by atoms with Crippen molar-refractivity contribution in [2.24, 2.45) is 0 Å². The summed E-state index contributed by atoms with van der Waals surface area (Å²) in [6.07, 6.45) is 3.88. The minimum atomic E-state index is -3.44. The number of furan rings is 3.